The Morgan fingerprint density at radius 1 is 1.67 bits per heavy atom. The molecule has 2 nitrogen and oxygen atoms in total. The van der Waals surface area contributed by atoms with Gasteiger partial charge in [-0.05, 0) is 11.6 Å². The van der Waals surface area contributed by atoms with E-state index in [4.69, 9.17) is 11.6 Å². The first-order valence-corrected chi connectivity index (χ1v) is 3.27. The van der Waals surface area contributed by atoms with E-state index in [1.54, 1.807) is 6.92 Å². The van der Waals surface area contributed by atoms with Crippen LogP contribution in [0, 0.1) is 5.92 Å². The van der Waals surface area contributed by atoms with E-state index in [-0.39, 0.29) is 17.5 Å². The second-order valence-corrected chi connectivity index (χ2v) is 2.66. The van der Waals surface area contributed by atoms with Crippen LogP contribution >= 0.6 is 24.2 Å². The van der Waals surface area contributed by atoms with Gasteiger partial charge in [-0.25, -0.2) is 0 Å². The zero-order valence-electron chi connectivity index (χ0n) is 4.93. The van der Waals surface area contributed by atoms with Gasteiger partial charge in [-0.2, -0.15) is 0 Å². The second kappa shape index (κ2) is 3.90. The summed E-state index contributed by atoms with van der Waals surface area (Å²) >= 11 is 8.51. The molecule has 0 aliphatic carbocycles. The van der Waals surface area contributed by atoms with Crippen molar-refractivity contribution >= 4 is 34.6 Å². The lowest BCUT2D eigenvalue weighted by atomic mass is 10.1. The molecule has 0 aliphatic heterocycles. The van der Waals surface area contributed by atoms with E-state index < -0.39 is 5.24 Å². The van der Waals surface area contributed by atoms with E-state index in [1.165, 1.54) is 0 Å². The minimum atomic E-state index is -0.495. The van der Waals surface area contributed by atoms with Crippen LogP contribution in [0.1, 0.15) is 13.3 Å². The van der Waals surface area contributed by atoms with Crippen molar-refractivity contribution in [3.63, 3.8) is 0 Å². The summed E-state index contributed by atoms with van der Waals surface area (Å²) in [5.41, 5.74) is 0. The number of rotatable bonds is 3. The number of carbonyl (C=O) groups excluding carboxylic acids is 2. The molecule has 52 valence electrons. The van der Waals surface area contributed by atoms with E-state index in [0.717, 1.165) is 0 Å². The molecule has 4 heteroatoms. The first kappa shape index (κ1) is 8.98. The van der Waals surface area contributed by atoms with E-state index in [0.29, 0.717) is 0 Å². The maximum Gasteiger partial charge on any atom is 0.222 e. The molecule has 0 saturated carbocycles. The highest BCUT2D eigenvalue weighted by atomic mass is 35.5. The van der Waals surface area contributed by atoms with E-state index in [9.17, 15) is 9.59 Å². The van der Waals surface area contributed by atoms with Crippen LogP contribution in [0.25, 0.3) is 0 Å². The summed E-state index contributed by atoms with van der Waals surface area (Å²) in [6.07, 6.45) is 0.0733. The third-order valence-electron chi connectivity index (χ3n) is 0.888. The highest BCUT2D eigenvalue weighted by Gasteiger charge is 2.11. The van der Waals surface area contributed by atoms with Crippen LogP contribution in [-0.2, 0) is 9.59 Å². The van der Waals surface area contributed by atoms with Crippen LogP contribution < -0.4 is 0 Å². The van der Waals surface area contributed by atoms with Crippen LogP contribution in [-0.4, -0.2) is 10.4 Å². The summed E-state index contributed by atoms with van der Waals surface area (Å²) in [5, 5.41) is -0.797. The monoisotopic (exact) mass is 166 g/mol. The summed E-state index contributed by atoms with van der Waals surface area (Å²) in [7, 11) is 0. The Balaban J connectivity index is 3.63. The average molecular weight is 167 g/mol. The molecule has 0 heterocycles. The van der Waals surface area contributed by atoms with Gasteiger partial charge in [-0.3, -0.25) is 9.59 Å². The maximum absolute atomic E-state index is 10.3. The molecule has 0 rings (SSSR count). The van der Waals surface area contributed by atoms with Crippen LogP contribution in [0.2, 0.25) is 0 Å². The lowest BCUT2D eigenvalue weighted by molar-refractivity contribution is -0.118. The van der Waals surface area contributed by atoms with Gasteiger partial charge < -0.3 is 0 Å². The Bertz CT molecular complexity index is 135. The van der Waals surface area contributed by atoms with Gasteiger partial charge in [0.1, 0.15) is 0 Å². The topological polar surface area (TPSA) is 34.1 Å². The highest BCUT2D eigenvalue weighted by molar-refractivity contribution is 7.96. The molecule has 0 radical (unpaired) electrons. The fraction of sp³-hybridized carbons (Fsp3) is 0.600. The van der Waals surface area contributed by atoms with Gasteiger partial charge in [0.2, 0.25) is 5.24 Å². The Morgan fingerprint density at radius 2 is 2.11 bits per heavy atom. The van der Waals surface area contributed by atoms with Crippen molar-refractivity contribution in [2.75, 3.05) is 0 Å². The largest absolute Gasteiger partial charge is 0.287 e. The van der Waals surface area contributed by atoms with Crippen molar-refractivity contribution in [1.29, 1.82) is 0 Å². The van der Waals surface area contributed by atoms with E-state index >= 15 is 0 Å². The average Bonchev–Trinajstić information content (AvgIpc) is 1.63. The van der Waals surface area contributed by atoms with Crippen molar-refractivity contribution in [1.82, 2.24) is 0 Å². The summed E-state index contributed by atoms with van der Waals surface area (Å²) in [4.78, 5) is 20.5. The summed E-state index contributed by atoms with van der Waals surface area (Å²) < 4.78 is 0. The lowest BCUT2D eigenvalue weighted by Gasteiger charge is -1.99. The molecular weight excluding hydrogens is 160 g/mol. The molecule has 9 heavy (non-hydrogen) atoms. The van der Waals surface area contributed by atoms with Crippen molar-refractivity contribution in [3.05, 3.63) is 0 Å². The summed E-state index contributed by atoms with van der Waals surface area (Å²) in [6.45, 7) is 1.61. The highest BCUT2D eigenvalue weighted by Crippen LogP contribution is 2.07. The molecule has 0 spiro atoms. The number of hydrogen-bond acceptors (Lipinski definition) is 2. The zero-order valence-corrected chi connectivity index (χ0v) is 6.58. The normalized spacial score (nSPS) is 12.8. The standard InChI is InChI=1S/C5H7ClO2S/c1-3(5(8)9)2-4(6)7/h3H,2H2,1H3,(H,8,9). The first-order chi connectivity index (χ1) is 4.04. The van der Waals surface area contributed by atoms with Gasteiger partial charge in [0.05, 0.1) is 0 Å². The van der Waals surface area contributed by atoms with Gasteiger partial charge >= 0.3 is 0 Å². The van der Waals surface area contributed by atoms with Crippen molar-refractivity contribution in [3.8, 4) is 0 Å². The Morgan fingerprint density at radius 3 is 2.22 bits per heavy atom. The molecular formula is C5H7ClO2S. The third-order valence-corrected chi connectivity index (χ3v) is 1.48. The minimum Gasteiger partial charge on any atom is -0.287 e. The molecule has 0 saturated heterocycles. The van der Waals surface area contributed by atoms with Crippen LogP contribution in [0.3, 0.4) is 0 Å². The second-order valence-electron chi connectivity index (χ2n) is 1.80. The molecule has 0 aliphatic rings. The van der Waals surface area contributed by atoms with Gasteiger partial charge in [0.25, 0.3) is 0 Å². The zero-order chi connectivity index (χ0) is 7.44. The van der Waals surface area contributed by atoms with Gasteiger partial charge in [-0.1, -0.05) is 6.92 Å². The predicted molar refractivity (Wildman–Crippen MR) is 38.6 cm³/mol. The first-order valence-electron chi connectivity index (χ1n) is 2.45. The van der Waals surface area contributed by atoms with Gasteiger partial charge in [-0.15, -0.1) is 12.6 Å². The molecule has 0 amide bonds. The van der Waals surface area contributed by atoms with Crippen LogP contribution in [0.4, 0.5) is 0 Å². The Labute approximate surface area is 64.0 Å². The fourth-order valence-electron chi connectivity index (χ4n) is 0.328. The van der Waals surface area contributed by atoms with Crippen LogP contribution in [0.15, 0.2) is 0 Å². The lowest BCUT2D eigenvalue weighted by Crippen LogP contribution is -2.06. The molecule has 0 aromatic rings. The number of hydrogen-bond donors (Lipinski definition) is 1. The predicted octanol–water partition coefficient (Wildman–Crippen LogP) is 1.23. The van der Waals surface area contributed by atoms with E-state index in [2.05, 4.69) is 12.6 Å². The molecule has 1 atom stereocenters. The Hall–Kier alpha value is -0.0200. The molecule has 0 N–H and O–H groups in total. The van der Waals surface area contributed by atoms with Crippen LogP contribution in [0.5, 0.6) is 0 Å². The smallest absolute Gasteiger partial charge is 0.222 e. The van der Waals surface area contributed by atoms with Gasteiger partial charge in [0.15, 0.2) is 5.12 Å². The van der Waals surface area contributed by atoms with Crippen molar-refractivity contribution in [2.24, 2.45) is 5.92 Å². The maximum atomic E-state index is 10.3. The quantitative estimate of drug-likeness (QED) is 0.506. The molecule has 0 fully saturated rings. The Kier molecular flexibility index (Phi) is 3.89. The van der Waals surface area contributed by atoms with Gasteiger partial charge in [0, 0.05) is 12.3 Å². The number of carbonyl (C=O) groups is 2. The van der Waals surface area contributed by atoms with Crippen molar-refractivity contribution in [2.45, 2.75) is 13.3 Å². The molecule has 1 unspecified atom stereocenters. The SMILES string of the molecule is CC(CC(=O)Cl)C(=O)S. The summed E-state index contributed by atoms with van der Waals surface area (Å²) in [6, 6.07) is 0. The van der Waals surface area contributed by atoms with E-state index in [1.807, 2.05) is 0 Å². The number of halogens is 1. The molecule has 0 bridgehead atoms. The number of thiol groups is 1. The fourth-order valence-corrected chi connectivity index (χ4v) is 0.651. The molecule has 0 aromatic heterocycles. The minimum absolute atomic E-state index is 0.0733. The summed E-state index contributed by atoms with van der Waals surface area (Å²) in [5.74, 6) is -0.363. The third kappa shape index (κ3) is 4.48. The molecule has 0 aromatic carbocycles. The van der Waals surface area contributed by atoms with Crippen molar-refractivity contribution < 1.29 is 9.59 Å².